The highest BCUT2D eigenvalue weighted by atomic mass is 16.5. The van der Waals surface area contributed by atoms with Gasteiger partial charge in [-0.05, 0) is 55.3 Å². The van der Waals surface area contributed by atoms with Crippen LogP contribution < -0.4 is 4.74 Å². The number of methoxy groups -OCH3 is 1. The minimum absolute atomic E-state index is 0.623. The van der Waals surface area contributed by atoms with Gasteiger partial charge in [-0.25, -0.2) is 0 Å². The maximum atomic E-state index is 10.1. The van der Waals surface area contributed by atoms with Crippen LogP contribution in [0.2, 0.25) is 0 Å². The lowest BCUT2D eigenvalue weighted by Crippen LogP contribution is -1.99. The lowest BCUT2D eigenvalue weighted by molar-refractivity contribution is 0.393. The van der Waals surface area contributed by atoms with Crippen molar-refractivity contribution in [3.63, 3.8) is 0 Å². The number of hydrogen-bond acceptors (Lipinski definition) is 4. The van der Waals surface area contributed by atoms with Gasteiger partial charge in [-0.2, -0.15) is 5.26 Å². The van der Waals surface area contributed by atoms with E-state index in [1.807, 2.05) is 50.2 Å². The number of hydrogen-bond donors (Lipinski definition) is 0. The Bertz CT molecular complexity index is 1450. The second kappa shape index (κ2) is 7.33. The second-order valence-corrected chi connectivity index (χ2v) is 7.68. The van der Waals surface area contributed by atoms with Crippen molar-refractivity contribution >= 4 is 21.8 Å². The Hall–Kier alpha value is -4.04. The van der Waals surface area contributed by atoms with E-state index in [4.69, 9.17) is 9.26 Å². The Balaban J connectivity index is 1.88. The van der Waals surface area contributed by atoms with Crippen LogP contribution in [0.4, 0.5) is 0 Å². The summed E-state index contributed by atoms with van der Waals surface area (Å²) in [5.41, 5.74) is 6.56. The van der Waals surface area contributed by atoms with E-state index in [1.54, 1.807) is 7.11 Å². The zero-order chi connectivity index (χ0) is 21.5. The van der Waals surface area contributed by atoms with Crippen molar-refractivity contribution in [2.45, 2.75) is 20.4 Å². The fourth-order valence-corrected chi connectivity index (χ4v) is 4.39. The van der Waals surface area contributed by atoms with Crippen molar-refractivity contribution in [3.8, 4) is 22.9 Å². The average Bonchev–Trinajstić information content (AvgIpc) is 3.30. The summed E-state index contributed by atoms with van der Waals surface area (Å²) in [6.07, 6.45) is 0. The SMILES string of the molecule is COc1ccc2c(c1)c1c(C#N)cc(-c3c(C)noc3C)cc1n2Cc1ccccc1. The zero-order valence-corrected chi connectivity index (χ0v) is 17.6. The van der Waals surface area contributed by atoms with E-state index in [0.717, 1.165) is 50.1 Å². The third kappa shape index (κ3) is 3.04. The maximum absolute atomic E-state index is 10.1. The molecule has 5 heteroatoms. The number of nitrogens with zero attached hydrogens (tertiary/aromatic N) is 3. The van der Waals surface area contributed by atoms with E-state index in [9.17, 15) is 5.26 Å². The molecule has 5 aromatic rings. The quantitative estimate of drug-likeness (QED) is 0.367. The summed E-state index contributed by atoms with van der Waals surface area (Å²) < 4.78 is 13.1. The Labute approximate surface area is 180 Å². The van der Waals surface area contributed by atoms with Gasteiger partial charge in [-0.15, -0.1) is 0 Å². The fraction of sp³-hybridized carbons (Fsp3) is 0.154. The number of benzene rings is 3. The van der Waals surface area contributed by atoms with Gasteiger partial charge in [0.15, 0.2) is 0 Å². The summed E-state index contributed by atoms with van der Waals surface area (Å²) in [5.74, 6) is 1.51. The molecule has 0 atom stereocenters. The number of nitriles is 1. The predicted octanol–water partition coefficient (Wildman–Crippen LogP) is 5.99. The molecule has 0 aliphatic rings. The third-order valence-corrected chi connectivity index (χ3v) is 5.80. The Morgan fingerprint density at radius 1 is 1.03 bits per heavy atom. The van der Waals surface area contributed by atoms with Crippen LogP contribution >= 0.6 is 0 Å². The normalized spacial score (nSPS) is 11.2. The topological polar surface area (TPSA) is 64.0 Å². The summed E-state index contributed by atoms with van der Waals surface area (Å²) in [6, 6.07) is 22.9. The highest BCUT2D eigenvalue weighted by Gasteiger charge is 2.19. The Morgan fingerprint density at radius 2 is 1.84 bits per heavy atom. The van der Waals surface area contributed by atoms with Gasteiger partial charge >= 0.3 is 0 Å². The van der Waals surface area contributed by atoms with E-state index >= 15 is 0 Å². The van der Waals surface area contributed by atoms with Crippen LogP contribution in [0.3, 0.4) is 0 Å². The van der Waals surface area contributed by atoms with Gasteiger partial charge in [0.2, 0.25) is 0 Å². The third-order valence-electron chi connectivity index (χ3n) is 5.80. The molecular weight excluding hydrogens is 386 g/mol. The van der Waals surface area contributed by atoms with Crippen LogP contribution in [0, 0.1) is 25.2 Å². The highest BCUT2D eigenvalue weighted by Crippen LogP contribution is 2.38. The number of ether oxygens (including phenoxy) is 1. The van der Waals surface area contributed by atoms with Gasteiger partial charge in [0.05, 0.1) is 30.0 Å². The molecule has 2 heterocycles. The smallest absolute Gasteiger partial charge is 0.141 e. The molecule has 5 rings (SSSR count). The molecule has 0 unspecified atom stereocenters. The lowest BCUT2D eigenvalue weighted by Gasteiger charge is -2.10. The number of aryl methyl sites for hydroxylation is 2. The van der Waals surface area contributed by atoms with Crippen molar-refractivity contribution in [1.82, 2.24) is 9.72 Å². The van der Waals surface area contributed by atoms with Gasteiger partial charge < -0.3 is 13.8 Å². The summed E-state index contributed by atoms with van der Waals surface area (Å²) in [4.78, 5) is 0. The zero-order valence-electron chi connectivity index (χ0n) is 17.6. The summed E-state index contributed by atoms with van der Waals surface area (Å²) in [5, 5.41) is 16.1. The molecule has 0 aliphatic heterocycles. The molecule has 152 valence electrons. The second-order valence-electron chi connectivity index (χ2n) is 7.68. The van der Waals surface area contributed by atoms with Gasteiger partial charge in [-0.3, -0.25) is 0 Å². The molecule has 0 N–H and O–H groups in total. The van der Waals surface area contributed by atoms with E-state index in [2.05, 4.69) is 40.1 Å². The Morgan fingerprint density at radius 3 is 2.52 bits per heavy atom. The van der Waals surface area contributed by atoms with Crippen LogP contribution in [0.15, 0.2) is 65.2 Å². The molecule has 31 heavy (non-hydrogen) atoms. The number of aromatic nitrogens is 2. The molecule has 2 aromatic heterocycles. The molecule has 0 fully saturated rings. The first kappa shape index (κ1) is 19.0. The largest absolute Gasteiger partial charge is 0.497 e. The van der Waals surface area contributed by atoms with Crippen LogP contribution in [-0.2, 0) is 6.54 Å². The number of fused-ring (bicyclic) bond motifs is 3. The van der Waals surface area contributed by atoms with Gasteiger partial charge in [0.1, 0.15) is 11.5 Å². The first-order chi connectivity index (χ1) is 15.1. The van der Waals surface area contributed by atoms with Gasteiger partial charge in [0.25, 0.3) is 0 Å². The molecule has 0 saturated carbocycles. The lowest BCUT2D eigenvalue weighted by atomic mass is 9.98. The number of rotatable bonds is 4. The molecule has 5 nitrogen and oxygen atoms in total. The Kier molecular flexibility index (Phi) is 4.48. The van der Waals surface area contributed by atoms with Gasteiger partial charge in [0, 0.05) is 28.4 Å². The predicted molar refractivity (Wildman–Crippen MR) is 121 cm³/mol. The van der Waals surface area contributed by atoms with Gasteiger partial charge in [-0.1, -0.05) is 35.5 Å². The maximum Gasteiger partial charge on any atom is 0.141 e. The van der Waals surface area contributed by atoms with Crippen molar-refractivity contribution in [2.75, 3.05) is 7.11 Å². The molecule has 3 aromatic carbocycles. The molecule has 0 radical (unpaired) electrons. The average molecular weight is 407 g/mol. The monoisotopic (exact) mass is 407 g/mol. The fourth-order valence-electron chi connectivity index (χ4n) is 4.39. The summed E-state index contributed by atoms with van der Waals surface area (Å²) in [6.45, 7) is 4.52. The van der Waals surface area contributed by atoms with E-state index in [0.29, 0.717) is 12.1 Å². The summed E-state index contributed by atoms with van der Waals surface area (Å²) in [7, 11) is 1.66. The molecule has 0 spiro atoms. The van der Waals surface area contributed by atoms with E-state index < -0.39 is 0 Å². The molecule has 0 saturated heterocycles. The first-order valence-corrected chi connectivity index (χ1v) is 10.1. The van der Waals surface area contributed by atoms with Crippen LogP contribution in [0.25, 0.3) is 32.9 Å². The minimum atomic E-state index is 0.623. The van der Waals surface area contributed by atoms with Crippen molar-refractivity contribution in [1.29, 1.82) is 5.26 Å². The minimum Gasteiger partial charge on any atom is -0.497 e. The first-order valence-electron chi connectivity index (χ1n) is 10.1. The van der Waals surface area contributed by atoms with Crippen molar-refractivity contribution < 1.29 is 9.26 Å². The molecule has 0 amide bonds. The molecule has 0 aliphatic carbocycles. The molecule has 0 bridgehead atoms. The highest BCUT2D eigenvalue weighted by molar-refractivity contribution is 6.12. The summed E-state index contributed by atoms with van der Waals surface area (Å²) >= 11 is 0. The molecular formula is C26H21N3O2. The van der Waals surface area contributed by atoms with Crippen LogP contribution in [0.1, 0.15) is 22.6 Å². The van der Waals surface area contributed by atoms with Crippen molar-refractivity contribution in [2.24, 2.45) is 0 Å². The standard InChI is InChI=1S/C26H21N3O2/c1-16-25(17(2)31-28-16)19-11-20(14-27)26-22-13-21(30-3)9-10-23(22)29(24(26)12-19)15-18-7-5-4-6-8-18/h4-13H,15H2,1-3H3. The van der Waals surface area contributed by atoms with E-state index in [1.165, 1.54) is 5.56 Å². The van der Waals surface area contributed by atoms with Crippen LogP contribution in [0.5, 0.6) is 5.75 Å². The van der Waals surface area contributed by atoms with Crippen molar-refractivity contribution in [3.05, 3.63) is 83.2 Å². The van der Waals surface area contributed by atoms with Crippen LogP contribution in [-0.4, -0.2) is 16.8 Å². The van der Waals surface area contributed by atoms with E-state index in [-0.39, 0.29) is 0 Å².